The number of aromatic nitrogens is 1. The lowest BCUT2D eigenvalue weighted by atomic mass is 9.93. The Morgan fingerprint density at radius 3 is 3.17 bits per heavy atom. The smallest absolute Gasteiger partial charge is 0.123 e. The van der Waals surface area contributed by atoms with Crippen LogP contribution in [0, 0.1) is 0 Å². The Balaban J connectivity index is 1.64. The highest BCUT2D eigenvalue weighted by atomic mass is 32.2. The first-order valence-electron chi connectivity index (χ1n) is 6.36. The van der Waals surface area contributed by atoms with Crippen LogP contribution in [0.4, 0.5) is 5.82 Å². The summed E-state index contributed by atoms with van der Waals surface area (Å²) in [5.41, 5.74) is 5.78. The van der Waals surface area contributed by atoms with Crippen molar-refractivity contribution in [2.45, 2.75) is 35.0 Å². The fraction of sp³-hybridized carbons (Fsp3) is 0.615. The number of ether oxygens (including phenoxy) is 1. The van der Waals surface area contributed by atoms with E-state index < -0.39 is 0 Å². The van der Waals surface area contributed by atoms with Crippen LogP contribution in [0.25, 0.3) is 0 Å². The number of pyridine rings is 1. The topological polar surface area (TPSA) is 48.1 Å². The van der Waals surface area contributed by atoms with Gasteiger partial charge in [-0.25, -0.2) is 4.98 Å². The summed E-state index contributed by atoms with van der Waals surface area (Å²) in [5, 5.41) is 0.655. The summed E-state index contributed by atoms with van der Waals surface area (Å²) in [6.07, 6.45) is 5.41. The number of hydrogen-bond donors (Lipinski definition) is 1. The van der Waals surface area contributed by atoms with E-state index in [-0.39, 0.29) is 5.60 Å². The van der Waals surface area contributed by atoms with Gasteiger partial charge in [0.25, 0.3) is 0 Å². The highest BCUT2D eigenvalue weighted by Gasteiger charge is 2.40. The molecule has 3 heterocycles. The Kier molecular flexibility index (Phi) is 3.73. The van der Waals surface area contributed by atoms with Crippen LogP contribution in [0.3, 0.4) is 0 Å². The van der Waals surface area contributed by atoms with E-state index in [4.69, 9.17) is 10.5 Å². The molecule has 1 aromatic rings. The number of nitrogens with zero attached hydrogens (tertiary/aromatic N) is 1. The Bertz CT molecular complexity index is 404. The molecule has 98 valence electrons. The molecule has 2 saturated heterocycles. The van der Waals surface area contributed by atoms with Gasteiger partial charge in [0.2, 0.25) is 0 Å². The predicted octanol–water partition coefficient (Wildman–Crippen LogP) is 2.81. The number of hydrogen-bond acceptors (Lipinski definition) is 5. The molecule has 3 rings (SSSR count). The van der Waals surface area contributed by atoms with E-state index in [2.05, 4.69) is 11.1 Å². The second kappa shape index (κ2) is 5.31. The van der Waals surface area contributed by atoms with Crippen molar-refractivity contribution in [1.29, 1.82) is 0 Å². The zero-order chi connectivity index (χ0) is 12.4. The molecule has 0 aromatic carbocycles. The van der Waals surface area contributed by atoms with Gasteiger partial charge in [-0.2, -0.15) is 11.8 Å². The molecule has 2 fully saturated rings. The molecule has 0 radical (unpaired) electrons. The monoisotopic (exact) mass is 282 g/mol. The van der Waals surface area contributed by atoms with Crippen molar-refractivity contribution in [3.8, 4) is 0 Å². The van der Waals surface area contributed by atoms with Gasteiger partial charge in [-0.3, -0.25) is 0 Å². The number of nitrogens with two attached hydrogens (primary N) is 1. The van der Waals surface area contributed by atoms with E-state index in [1.54, 1.807) is 0 Å². The largest absolute Gasteiger partial charge is 0.384 e. The summed E-state index contributed by atoms with van der Waals surface area (Å²) < 4.78 is 6.04. The average Bonchev–Trinajstić information content (AvgIpc) is 2.80. The van der Waals surface area contributed by atoms with Crippen molar-refractivity contribution in [2.75, 3.05) is 23.8 Å². The van der Waals surface area contributed by atoms with Crippen LogP contribution in [0.2, 0.25) is 0 Å². The molecule has 2 atom stereocenters. The zero-order valence-corrected chi connectivity index (χ0v) is 11.9. The van der Waals surface area contributed by atoms with Crippen molar-refractivity contribution in [1.82, 2.24) is 4.98 Å². The van der Waals surface area contributed by atoms with Gasteiger partial charge >= 0.3 is 0 Å². The lowest BCUT2D eigenvalue weighted by molar-refractivity contribution is -0.0562. The molecule has 2 aliphatic heterocycles. The Morgan fingerprint density at radius 2 is 2.44 bits per heavy atom. The minimum Gasteiger partial charge on any atom is -0.384 e. The zero-order valence-electron chi connectivity index (χ0n) is 10.3. The van der Waals surface area contributed by atoms with Crippen LogP contribution >= 0.6 is 23.5 Å². The first kappa shape index (κ1) is 12.6. The first-order valence-corrected chi connectivity index (χ1v) is 8.39. The average molecular weight is 282 g/mol. The number of anilines is 1. The summed E-state index contributed by atoms with van der Waals surface area (Å²) >= 11 is 3.95. The SMILES string of the molecule is Nc1ccc(SC2CCOC3(CCSC3)C2)cn1. The van der Waals surface area contributed by atoms with Gasteiger partial charge in [-0.1, -0.05) is 0 Å². The van der Waals surface area contributed by atoms with Gasteiger partial charge in [0, 0.05) is 28.7 Å². The molecule has 18 heavy (non-hydrogen) atoms. The molecular weight excluding hydrogens is 264 g/mol. The van der Waals surface area contributed by atoms with E-state index >= 15 is 0 Å². The van der Waals surface area contributed by atoms with Crippen molar-refractivity contribution in [2.24, 2.45) is 0 Å². The van der Waals surface area contributed by atoms with Crippen LogP contribution in [0.15, 0.2) is 23.2 Å². The summed E-state index contributed by atoms with van der Waals surface area (Å²) in [6.45, 7) is 0.903. The van der Waals surface area contributed by atoms with Crippen LogP contribution in [0.1, 0.15) is 19.3 Å². The Morgan fingerprint density at radius 1 is 1.50 bits per heavy atom. The van der Waals surface area contributed by atoms with E-state index in [1.165, 1.54) is 29.2 Å². The van der Waals surface area contributed by atoms with Gasteiger partial charge in [0.1, 0.15) is 5.82 Å². The molecule has 0 aliphatic carbocycles. The highest BCUT2D eigenvalue weighted by Crippen LogP contribution is 2.42. The van der Waals surface area contributed by atoms with Crippen LogP contribution in [-0.2, 0) is 4.74 Å². The van der Waals surface area contributed by atoms with Gasteiger partial charge < -0.3 is 10.5 Å². The lowest BCUT2D eigenvalue weighted by Gasteiger charge is -2.37. The molecule has 2 N–H and O–H groups in total. The molecule has 0 amide bonds. The normalized spacial score (nSPS) is 31.9. The third kappa shape index (κ3) is 2.78. The Labute approximate surface area is 116 Å². The second-order valence-electron chi connectivity index (χ2n) is 4.99. The number of thioether (sulfide) groups is 2. The van der Waals surface area contributed by atoms with Crippen molar-refractivity contribution in [3.05, 3.63) is 18.3 Å². The number of rotatable bonds is 2. The first-order chi connectivity index (χ1) is 8.76. The third-order valence-electron chi connectivity index (χ3n) is 3.58. The van der Waals surface area contributed by atoms with Gasteiger partial charge in [0.15, 0.2) is 0 Å². The van der Waals surface area contributed by atoms with E-state index in [0.29, 0.717) is 11.1 Å². The fourth-order valence-electron chi connectivity index (χ4n) is 2.60. The summed E-state index contributed by atoms with van der Waals surface area (Å²) in [6, 6.07) is 3.95. The highest BCUT2D eigenvalue weighted by molar-refractivity contribution is 8.00. The number of nitrogen functional groups attached to an aromatic ring is 1. The molecule has 5 heteroatoms. The fourth-order valence-corrected chi connectivity index (χ4v) is 5.23. The summed E-state index contributed by atoms with van der Waals surface area (Å²) in [5.74, 6) is 3.01. The maximum atomic E-state index is 6.04. The quantitative estimate of drug-likeness (QED) is 0.904. The molecular formula is C13H18N2OS2. The van der Waals surface area contributed by atoms with Gasteiger partial charge in [-0.15, -0.1) is 11.8 Å². The van der Waals surface area contributed by atoms with Gasteiger partial charge in [0.05, 0.1) is 5.60 Å². The summed E-state index contributed by atoms with van der Waals surface area (Å²) in [4.78, 5) is 5.37. The molecule has 2 aliphatic rings. The maximum Gasteiger partial charge on any atom is 0.123 e. The van der Waals surface area contributed by atoms with Crippen molar-refractivity contribution in [3.63, 3.8) is 0 Å². The van der Waals surface area contributed by atoms with Gasteiger partial charge in [-0.05, 0) is 37.1 Å². The minimum atomic E-state index is 0.168. The third-order valence-corrected chi connectivity index (χ3v) is 6.05. The van der Waals surface area contributed by atoms with E-state index in [9.17, 15) is 0 Å². The standard InChI is InChI=1S/C13H18N2OS2/c14-12-2-1-11(8-15-12)18-10-3-5-16-13(7-10)4-6-17-9-13/h1-2,8,10H,3-7,9H2,(H2,14,15). The molecule has 0 bridgehead atoms. The van der Waals surface area contributed by atoms with E-state index in [0.717, 1.165) is 13.0 Å². The molecule has 2 unspecified atom stereocenters. The van der Waals surface area contributed by atoms with Crippen LogP contribution in [-0.4, -0.2) is 33.9 Å². The van der Waals surface area contributed by atoms with Crippen molar-refractivity contribution >= 4 is 29.3 Å². The lowest BCUT2D eigenvalue weighted by Crippen LogP contribution is -2.40. The van der Waals surface area contributed by atoms with Crippen molar-refractivity contribution < 1.29 is 4.74 Å². The predicted molar refractivity (Wildman–Crippen MR) is 78.2 cm³/mol. The molecule has 0 saturated carbocycles. The second-order valence-corrected chi connectivity index (χ2v) is 7.46. The van der Waals surface area contributed by atoms with Crippen LogP contribution < -0.4 is 5.73 Å². The summed E-state index contributed by atoms with van der Waals surface area (Å²) in [7, 11) is 0. The molecule has 1 spiro atoms. The molecule has 1 aromatic heterocycles. The minimum absolute atomic E-state index is 0.168. The Hall–Kier alpha value is -0.390. The van der Waals surface area contributed by atoms with Crippen LogP contribution in [0.5, 0.6) is 0 Å². The molecule has 3 nitrogen and oxygen atoms in total. The maximum absolute atomic E-state index is 6.04. The van der Waals surface area contributed by atoms with E-state index in [1.807, 2.05) is 35.8 Å².